The molecule has 3 aliphatic carbocycles. The lowest BCUT2D eigenvalue weighted by Crippen LogP contribution is -2.79. The minimum absolute atomic E-state index is 0.0375. The maximum Gasteiger partial charge on any atom is 0.416 e. The number of halogens is 3. The summed E-state index contributed by atoms with van der Waals surface area (Å²) in [5, 5.41) is 39.4. The van der Waals surface area contributed by atoms with E-state index in [1.807, 2.05) is 36.4 Å². The number of likely N-dealkylation sites (tertiary alicyclic amines) is 1. The minimum atomic E-state index is -4.41. The van der Waals surface area contributed by atoms with Crippen LogP contribution < -0.4 is 14.8 Å². The number of alkyl halides is 3. The fourth-order valence-corrected chi connectivity index (χ4v) is 9.57. The van der Waals surface area contributed by atoms with Crippen LogP contribution in [0.5, 0.6) is 17.2 Å². The Kier molecular flexibility index (Phi) is 8.17. The first-order chi connectivity index (χ1) is 23.5. The van der Waals surface area contributed by atoms with Crippen molar-refractivity contribution in [2.24, 2.45) is 5.92 Å². The van der Waals surface area contributed by atoms with Crippen LogP contribution in [0.2, 0.25) is 0 Å². The van der Waals surface area contributed by atoms with Crippen LogP contribution in [-0.2, 0) is 18.0 Å². The molecule has 1 saturated heterocycles. The average Bonchev–Trinajstić information content (AvgIpc) is 3.83. The van der Waals surface area contributed by atoms with E-state index in [0.717, 1.165) is 48.3 Å². The van der Waals surface area contributed by atoms with E-state index in [0.29, 0.717) is 69.0 Å². The molecule has 3 fully saturated rings. The lowest BCUT2D eigenvalue weighted by atomic mass is 9.46. The Morgan fingerprint density at radius 2 is 1.73 bits per heavy atom. The molecule has 0 amide bonds. The Morgan fingerprint density at radius 3 is 2.47 bits per heavy atom. The smallest absolute Gasteiger partial charge is 0.416 e. The van der Waals surface area contributed by atoms with Gasteiger partial charge in [0.25, 0.3) is 0 Å². The van der Waals surface area contributed by atoms with Gasteiger partial charge in [0, 0.05) is 24.6 Å². The number of aliphatic hydroxyl groups is 2. The van der Waals surface area contributed by atoms with E-state index in [9.17, 15) is 28.5 Å². The first kappa shape index (κ1) is 32.9. The molecule has 1 spiro atoms. The van der Waals surface area contributed by atoms with E-state index in [-0.39, 0.29) is 17.9 Å². The molecule has 4 N–H and O–H groups in total. The fraction of sp³-hybridized carbons (Fsp3) is 0.538. The fourth-order valence-electron chi connectivity index (χ4n) is 9.57. The summed E-state index contributed by atoms with van der Waals surface area (Å²) in [6, 6.07) is 18.0. The van der Waals surface area contributed by atoms with Crippen LogP contribution in [0.25, 0.3) is 0 Å². The van der Waals surface area contributed by atoms with Gasteiger partial charge in [0.2, 0.25) is 0 Å². The van der Waals surface area contributed by atoms with Crippen molar-refractivity contribution in [3.8, 4) is 17.2 Å². The van der Waals surface area contributed by atoms with Gasteiger partial charge in [-0.15, -0.1) is 0 Å². The molecule has 1 unspecified atom stereocenters. The van der Waals surface area contributed by atoms with Gasteiger partial charge in [-0.25, -0.2) is 0 Å². The van der Waals surface area contributed by atoms with Crippen molar-refractivity contribution in [3.05, 3.63) is 89.0 Å². The van der Waals surface area contributed by atoms with Crippen molar-refractivity contribution in [2.75, 3.05) is 26.2 Å². The van der Waals surface area contributed by atoms with Crippen molar-refractivity contribution < 1.29 is 38.0 Å². The van der Waals surface area contributed by atoms with Crippen LogP contribution in [-0.4, -0.2) is 69.7 Å². The van der Waals surface area contributed by atoms with E-state index in [4.69, 9.17) is 9.47 Å². The van der Waals surface area contributed by atoms with E-state index in [1.54, 1.807) is 6.07 Å². The quantitative estimate of drug-likeness (QED) is 0.168. The number of piperidine rings is 1. The maximum absolute atomic E-state index is 13.1. The summed E-state index contributed by atoms with van der Waals surface area (Å²) in [6.45, 7) is 3.08. The van der Waals surface area contributed by atoms with Gasteiger partial charge in [0.1, 0.15) is 23.6 Å². The second-order valence-electron chi connectivity index (χ2n) is 15.0. The number of ether oxygens (including phenoxy) is 2. The highest BCUT2D eigenvalue weighted by Crippen LogP contribution is 2.67. The molecular formula is C39H45F3N2O5. The summed E-state index contributed by atoms with van der Waals surface area (Å²) in [6.07, 6.45) is 1.14. The predicted octanol–water partition coefficient (Wildman–Crippen LogP) is 6.29. The van der Waals surface area contributed by atoms with Crippen LogP contribution in [0.4, 0.5) is 13.2 Å². The van der Waals surface area contributed by atoms with Crippen LogP contribution in [0.1, 0.15) is 79.7 Å². The van der Waals surface area contributed by atoms with Crippen molar-refractivity contribution in [2.45, 2.75) is 98.8 Å². The second-order valence-corrected chi connectivity index (χ2v) is 15.0. The Balaban J connectivity index is 0.927. The average molecular weight is 679 g/mol. The molecule has 3 aromatic carbocycles. The van der Waals surface area contributed by atoms with Crippen LogP contribution in [0, 0.1) is 5.92 Å². The summed E-state index contributed by atoms with van der Waals surface area (Å²) in [5.41, 5.74) is -0.731. The molecule has 8 rings (SSSR count). The molecule has 2 saturated carbocycles. The molecule has 0 radical (unpaired) electrons. The number of hydrogen-bond acceptors (Lipinski definition) is 7. The van der Waals surface area contributed by atoms with Gasteiger partial charge in [0.05, 0.1) is 16.6 Å². The minimum Gasteiger partial charge on any atom is -0.504 e. The van der Waals surface area contributed by atoms with Crippen molar-refractivity contribution in [3.63, 3.8) is 0 Å². The highest BCUT2D eigenvalue weighted by atomic mass is 19.4. The first-order valence-corrected chi connectivity index (χ1v) is 17.8. The normalized spacial score (nSPS) is 30.8. The van der Waals surface area contributed by atoms with Crippen LogP contribution in [0.15, 0.2) is 66.7 Å². The van der Waals surface area contributed by atoms with Gasteiger partial charge in [0.15, 0.2) is 11.5 Å². The lowest BCUT2D eigenvalue weighted by Gasteiger charge is -2.65. The molecule has 262 valence electrons. The zero-order valence-corrected chi connectivity index (χ0v) is 27.6. The number of rotatable bonds is 12. The highest BCUT2D eigenvalue weighted by Gasteiger charge is 2.75. The highest BCUT2D eigenvalue weighted by molar-refractivity contribution is 5.63. The molecule has 5 aliphatic rings. The molecule has 49 heavy (non-hydrogen) atoms. The summed E-state index contributed by atoms with van der Waals surface area (Å²) >= 11 is 0. The number of aromatic hydroxyl groups is 1. The molecule has 2 aliphatic heterocycles. The van der Waals surface area contributed by atoms with Gasteiger partial charge >= 0.3 is 6.18 Å². The zero-order valence-electron chi connectivity index (χ0n) is 27.6. The second kappa shape index (κ2) is 12.2. The van der Waals surface area contributed by atoms with Gasteiger partial charge < -0.3 is 30.1 Å². The third-order valence-corrected chi connectivity index (χ3v) is 12.1. The van der Waals surface area contributed by atoms with E-state index >= 15 is 0 Å². The molecular weight excluding hydrogens is 633 g/mol. The molecule has 2 bridgehead atoms. The molecule has 3 aromatic rings. The Bertz CT molecular complexity index is 1670. The van der Waals surface area contributed by atoms with E-state index in [2.05, 4.69) is 10.2 Å². The third-order valence-electron chi connectivity index (χ3n) is 12.1. The number of benzene rings is 3. The Labute approximate surface area is 285 Å². The van der Waals surface area contributed by atoms with E-state index < -0.39 is 34.5 Å². The molecule has 7 nitrogen and oxygen atoms in total. The number of nitrogens with zero attached hydrogens (tertiary/aromatic N) is 1. The van der Waals surface area contributed by atoms with Crippen molar-refractivity contribution in [1.29, 1.82) is 0 Å². The summed E-state index contributed by atoms with van der Waals surface area (Å²) in [5.74, 6) is 1.58. The monoisotopic (exact) mass is 678 g/mol. The predicted molar refractivity (Wildman–Crippen MR) is 178 cm³/mol. The standard InChI is InChI=1S/C39H45F3N2O5/c40-39(41,42)28-10-12-29(13-11-28)48-31(26-5-2-1-3-6-26)15-21-43-20-4-16-36(46)17-18-38(47)32-23-27-9-14-30(45)34-33(27)37(38,35(36)49-34)19-22-44(32)24-25-7-8-25/h1-3,5-6,9-14,25,31-32,35,43,45-47H,4,7-8,15-24H2/t31?,32-,35+,36+,37+,38-/m1/s1. The molecule has 10 heteroatoms. The molecule has 6 atom stereocenters. The summed E-state index contributed by atoms with van der Waals surface area (Å²) in [4.78, 5) is 2.49. The van der Waals surface area contributed by atoms with Crippen LogP contribution >= 0.6 is 0 Å². The summed E-state index contributed by atoms with van der Waals surface area (Å²) < 4.78 is 51.9. The molecule has 0 aromatic heterocycles. The number of nitrogens with one attached hydrogen (secondary N) is 1. The topological polar surface area (TPSA) is 94.4 Å². The number of phenols is 1. The Hall–Kier alpha value is -3.31. The van der Waals surface area contributed by atoms with Crippen molar-refractivity contribution in [1.82, 2.24) is 10.2 Å². The Morgan fingerprint density at radius 1 is 0.959 bits per heavy atom. The van der Waals surface area contributed by atoms with Crippen molar-refractivity contribution >= 4 is 0 Å². The summed E-state index contributed by atoms with van der Waals surface area (Å²) in [7, 11) is 0. The maximum atomic E-state index is 13.1. The van der Waals surface area contributed by atoms with E-state index in [1.165, 1.54) is 25.0 Å². The van der Waals surface area contributed by atoms with Gasteiger partial charge in [-0.1, -0.05) is 36.4 Å². The zero-order chi connectivity index (χ0) is 34.0. The lowest BCUT2D eigenvalue weighted by molar-refractivity contribution is -0.237. The first-order valence-electron chi connectivity index (χ1n) is 17.8. The number of hydrogen-bond donors (Lipinski definition) is 4. The van der Waals surface area contributed by atoms with Gasteiger partial charge in [-0.2, -0.15) is 13.2 Å². The SMILES string of the molecule is Oc1ccc2c3c1O[C@H]1[C@](O)(CCCNCCC(Oc4ccc(C(F)(F)F)cc4)c4ccccc4)CC[C@@]4(O)[C@@H](C2)N(CC2CC2)CC[C@]314. The number of phenolic OH excluding ortho intramolecular Hbond substituents is 1. The van der Waals surface area contributed by atoms with Gasteiger partial charge in [-0.05, 0) is 118 Å². The van der Waals surface area contributed by atoms with Gasteiger partial charge in [-0.3, -0.25) is 4.90 Å². The largest absolute Gasteiger partial charge is 0.504 e. The molecule has 2 heterocycles. The third kappa shape index (κ3) is 5.59. The van der Waals surface area contributed by atoms with Crippen LogP contribution in [0.3, 0.4) is 0 Å².